The van der Waals surface area contributed by atoms with Crippen molar-refractivity contribution < 1.29 is 0 Å². The summed E-state index contributed by atoms with van der Waals surface area (Å²) in [4.78, 5) is 4.17. The van der Waals surface area contributed by atoms with Crippen LogP contribution in [0.5, 0.6) is 0 Å². The number of nitrogens with two attached hydrogens (primary N) is 1. The van der Waals surface area contributed by atoms with Crippen molar-refractivity contribution in [3.8, 4) is 0 Å². The van der Waals surface area contributed by atoms with Crippen LogP contribution in [0, 0.1) is 5.92 Å². The molecule has 0 saturated carbocycles. The van der Waals surface area contributed by atoms with Crippen LogP contribution in [0.2, 0.25) is 0 Å². The van der Waals surface area contributed by atoms with E-state index < -0.39 is 0 Å². The van der Waals surface area contributed by atoms with Crippen LogP contribution in [0.1, 0.15) is 51.8 Å². The maximum absolute atomic E-state index is 6.01. The highest BCUT2D eigenvalue weighted by atomic mass is 15.1. The van der Waals surface area contributed by atoms with Crippen molar-refractivity contribution in [1.82, 2.24) is 9.55 Å². The first kappa shape index (κ1) is 12.2. The minimum atomic E-state index is 0.131. The molecule has 1 aromatic rings. The summed E-state index contributed by atoms with van der Waals surface area (Å²) in [6, 6.07) is 0.131. The smallest absolute Gasteiger partial charge is 0.0948 e. The Morgan fingerprint density at radius 2 is 2.20 bits per heavy atom. The topological polar surface area (TPSA) is 43.8 Å². The largest absolute Gasteiger partial charge is 0.333 e. The summed E-state index contributed by atoms with van der Waals surface area (Å²) in [7, 11) is 0. The fraction of sp³-hybridized carbons (Fsp3) is 0.750. The van der Waals surface area contributed by atoms with Gasteiger partial charge in [-0.1, -0.05) is 20.8 Å². The molecule has 0 spiro atoms. The van der Waals surface area contributed by atoms with E-state index in [0.29, 0.717) is 0 Å². The average Bonchev–Trinajstić information content (AvgIpc) is 2.64. The quantitative estimate of drug-likeness (QED) is 0.783. The first-order chi connectivity index (χ1) is 7.15. The number of hydrogen-bond donors (Lipinski definition) is 1. The molecule has 1 atom stereocenters. The predicted molar refractivity (Wildman–Crippen MR) is 63.5 cm³/mol. The lowest BCUT2D eigenvalue weighted by atomic mass is 10.1. The summed E-state index contributed by atoms with van der Waals surface area (Å²) in [5, 5.41) is 0. The summed E-state index contributed by atoms with van der Waals surface area (Å²) in [6.07, 6.45) is 7.22. The molecule has 0 unspecified atom stereocenters. The lowest BCUT2D eigenvalue weighted by Crippen LogP contribution is -2.14. The normalized spacial score (nSPS) is 13.4. The minimum Gasteiger partial charge on any atom is -0.333 e. The van der Waals surface area contributed by atoms with Gasteiger partial charge in [-0.15, -0.1) is 0 Å². The molecule has 0 aromatic carbocycles. The summed E-state index contributed by atoms with van der Waals surface area (Å²) in [5.74, 6) is 0.775. The second kappa shape index (κ2) is 5.91. The van der Waals surface area contributed by atoms with Crippen molar-refractivity contribution in [2.24, 2.45) is 11.7 Å². The third kappa shape index (κ3) is 3.67. The summed E-state index contributed by atoms with van der Waals surface area (Å²) in [6.45, 7) is 7.66. The third-order valence-electron chi connectivity index (χ3n) is 2.74. The fourth-order valence-corrected chi connectivity index (χ4v) is 1.71. The summed E-state index contributed by atoms with van der Waals surface area (Å²) >= 11 is 0. The van der Waals surface area contributed by atoms with Crippen molar-refractivity contribution in [3.05, 3.63) is 18.2 Å². The molecule has 3 heteroatoms. The molecule has 0 aliphatic rings. The van der Waals surface area contributed by atoms with Gasteiger partial charge in [0.25, 0.3) is 0 Å². The SMILES string of the molecule is CC[C@@H](N)c1cncn1CCCC(C)C. The van der Waals surface area contributed by atoms with E-state index in [0.717, 1.165) is 18.9 Å². The van der Waals surface area contributed by atoms with E-state index in [1.54, 1.807) is 0 Å². The van der Waals surface area contributed by atoms with E-state index in [1.165, 1.54) is 18.5 Å². The van der Waals surface area contributed by atoms with Crippen molar-refractivity contribution >= 4 is 0 Å². The zero-order chi connectivity index (χ0) is 11.3. The van der Waals surface area contributed by atoms with E-state index in [4.69, 9.17) is 5.73 Å². The maximum Gasteiger partial charge on any atom is 0.0948 e. The minimum absolute atomic E-state index is 0.131. The van der Waals surface area contributed by atoms with Gasteiger partial charge in [0.2, 0.25) is 0 Å². The standard InChI is InChI=1S/C12H23N3/c1-4-11(13)12-8-14-9-15(12)7-5-6-10(2)3/h8-11H,4-7,13H2,1-3H3/t11-/m1/s1. The van der Waals surface area contributed by atoms with Crippen molar-refractivity contribution in [1.29, 1.82) is 0 Å². The van der Waals surface area contributed by atoms with Crippen molar-refractivity contribution in [2.45, 2.75) is 52.6 Å². The number of nitrogens with zero attached hydrogens (tertiary/aromatic N) is 2. The van der Waals surface area contributed by atoms with Gasteiger partial charge in [-0.05, 0) is 25.2 Å². The Balaban J connectivity index is 2.50. The Kier molecular flexibility index (Phi) is 4.82. The van der Waals surface area contributed by atoms with Crippen molar-refractivity contribution in [2.75, 3.05) is 0 Å². The molecule has 0 bridgehead atoms. The van der Waals surface area contributed by atoms with Crippen molar-refractivity contribution in [3.63, 3.8) is 0 Å². The molecule has 15 heavy (non-hydrogen) atoms. The van der Waals surface area contributed by atoms with Gasteiger partial charge in [0.05, 0.1) is 12.0 Å². The molecule has 86 valence electrons. The van der Waals surface area contributed by atoms with E-state index >= 15 is 0 Å². The number of imidazole rings is 1. The van der Waals surface area contributed by atoms with E-state index in [9.17, 15) is 0 Å². The molecule has 2 N–H and O–H groups in total. The molecule has 1 aromatic heterocycles. The number of aryl methyl sites for hydroxylation is 1. The number of hydrogen-bond acceptors (Lipinski definition) is 2. The molecule has 0 amide bonds. The van der Waals surface area contributed by atoms with Gasteiger partial charge in [0.1, 0.15) is 0 Å². The highest BCUT2D eigenvalue weighted by Gasteiger charge is 2.08. The molecule has 0 fully saturated rings. The number of aromatic nitrogens is 2. The summed E-state index contributed by atoms with van der Waals surface area (Å²) in [5.41, 5.74) is 7.18. The van der Waals surface area contributed by atoms with E-state index in [1.807, 2.05) is 12.5 Å². The first-order valence-electron chi connectivity index (χ1n) is 5.90. The van der Waals surface area contributed by atoms with E-state index in [2.05, 4.69) is 30.3 Å². The second-order valence-electron chi connectivity index (χ2n) is 4.56. The van der Waals surface area contributed by atoms with Crippen LogP contribution in [0.15, 0.2) is 12.5 Å². The van der Waals surface area contributed by atoms with Crippen LogP contribution in [-0.4, -0.2) is 9.55 Å². The fourth-order valence-electron chi connectivity index (χ4n) is 1.71. The third-order valence-corrected chi connectivity index (χ3v) is 2.74. The van der Waals surface area contributed by atoms with Gasteiger partial charge in [-0.3, -0.25) is 0 Å². The zero-order valence-electron chi connectivity index (χ0n) is 10.1. The molecule has 1 rings (SSSR count). The van der Waals surface area contributed by atoms with Crippen LogP contribution in [0.3, 0.4) is 0 Å². The zero-order valence-corrected chi connectivity index (χ0v) is 10.1. The highest BCUT2D eigenvalue weighted by molar-refractivity contribution is 5.04. The van der Waals surface area contributed by atoms with Gasteiger partial charge in [0.15, 0.2) is 0 Å². The van der Waals surface area contributed by atoms with Crippen LogP contribution in [0.25, 0.3) is 0 Å². The van der Waals surface area contributed by atoms with Gasteiger partial charge in [-0.25, -0.2) is 4.98 Å². The molecule has 0 aliphatic heterocycles. The van der Waals surface area contributed by atoms with Crippen LogP contribution >= 0.6 is 0 Å². The average molecular weight is 209 g/mol. The van der Waals surface area contributed by atoms with Crippen LogP contribution in [-0.2, 0) is 6.54 Å². The molecule has 0 aliphatic carbocycles. The Bertz CT molecular complexity index is 278. The van der Waals surface area contributed by atoms with Gasteiger partial charge < -0.3 is 10.3 Å². The molecule has 0 radical (unpaired) electrons. The Labute approximate surface area is 92.7 Å². The predicted octanol–water partition coefficient (Wildman–Crippen LogP) is 2.73. The van der Waals surface area contributed by atoms with Crippen LogP contribution < -0.4 is 5.73 Å². The van der Waals surface area contributed by atoms with E-state index in [-0.39, 0.29) is 6.04 Å². The van der Waals surface area contributed by atoms with Crippen LogP contribution in [0.4, 0.5) is 0 Å². The maximum atomic E-state index is 6.01. The molecular weight excluding hydrogens is 186 g/mol. The monoisotopic (exact) mass is 209 g/mol. The van der Waals surface area contributed by atoms with Gasteiger partial charge in [0, 0.05) is 18.8 Å². The van der Waals surface area contributed by atoms with Gasteiger partial charge >= 0.3 is 0 Å². The van der Waals surface area contributed by atoms with Gasteiger partial charge in [-0.2, -0.15) is 0 Å². The lowest BCUT2D eigenvalue weighted by Gasteiger charge is -2.13. The molecule has 0 saturated heterocycles. The Hall–Kier alpha value is -0.830. The Morgan fingerprint density at radius 3 is 2.80 bits per heavy atom. The molecule has 1 heterocycles. The molecular formula is C12H23N3. The molecule has 3 nitrogen and oxygen atoms in total. The number of rotatable bonds is 6. The summed E-state index contributed by atoms with van der Waals surface area (Å²) < 4.78 is 2.19. The Morgan fingerprint density at radius 1 is 1.47 bits per heavy atom. The lowest BCUT2D eigenvalue weighted by molar-refractivity contribution is 0.495. The second-order valence-corrected chi connectivity index (χ2v) is 4.56. The highest BCUT2D eigenvalue weighted by Crippen LogP contribution is 2.14. The first-order valence-corrected chi connectivity index (χ1v) is 5.90.